The predicted octanol–water partition coefficient (Wildman–Crippen LogP) is -0.422. The number of nitrogens with one attached hydrogen (secondary N) is 1. The second kappa shape index (κ2) is 5.71. The van der Waals surface area contributed by atoms with Crippen molar-refractivity contribution in [3.05, 3.63) is 30.9 Å². The first-order valence-electron chi connectivity index (χ1n) is 7.29. The molecule has 0 radical (unpaired) electrons. The molecule has 1 heterocycles. The number of carbonyl (C=O) groups is 2. The monoisotopic (exact) mass is 288 g/mol. The highest BCUT2D eigenvalue weighted by Crippen LogP contribution is 2.47. The highest BCUT2D eigenvalue weighted by atomic mass is 16.4. The largest absolute Gasteiger partial charge is 0.550 e. The van der Waals surface area contributed by atoms with Gasteiger partial charge in [-0.25, -0.2) is 4.98 Å². The summed E-state index contributed by atoms with van der Waals surface area (Å²) in [6.45, 7) is 1.31. The molecule has 1 N–H and O–H groups in total. The summed E-state index contributed by atoms with van der Waals surface area (Å²) in [7, 11) is 0. The SMILES string of the molecule is O=C([O-])[C@@H]1[C@H](C(=O)NCCCn2ccnc2)[C@H]2C=C[C@H]1C2. The molecular formula is C15H18N3O3-. The Balaban J connectivity index is 1.51. The molecule has 0 unspecified atom stereocenters. The lowest BCUT2D eigenvalue weighted by molar-refractivity contribution is -0.313. The smallest absolute Gasteiger partial charge is 0.224 e. The fourth-order valence-corrected chi connectivity index (χ4v) is 3.51. The Morgan fingerprint density at radius 1 is 1.29 bits per heavy atom. The van der Waals surface area contributed by atoms with E-state index in [1.165, 1.54) is 0 Å². The van der Waals surface area contributed by atoms with E-state index in [-0.39, 0.29) is 17.7 Å². The van der Waals surface area contributed by atoms with Gasteiger partial charge in [0.05, 0.1) is 12.2 Å². The number of hydrogen-bond donors (Lipinski definition) is 1. The van der Waals surface area contributed by atoms with Crippen LogP contribution in [0.2, 0.25) is 0 Å². The number of carboxylic acid groups (broad SMARTS) is 1. The average Bonchev–Trinajstić information content (AvgIpc) is 3.18. The van der Waals surface area contributed by atoms with Crippen LogP contribution in [-0.4, -0.2) is 28.0 Å². The van der Waals surface area contributed by atoms with E-state index < -0.39 is 17.8 Å². The number of nitrogens with zero attached hydrogens (tertiary/aromatic N) is 2. The summed E-state index contributed by atoms with van der Waals surface area (Å²) in [4.78, 5) is 27.5. The van der Waals surface area contributed by atoms with Gasteiger partial charge in [0.1, 0.15) is 0 Å². The van der Waals surface area contributed by atoms with Gasteiger partial charge in [-0.2, -0.15) is 0 Å². The Hall–Kier alpha value is -2.11. The lowest BCUT2D eigenvalue weighted by Crippen LogP contribution is -2.45. The van der Waals surface area contributed by atoms with Gasteiger partial charge >= 0.3 is 0 Å². The Morgan fingerprint density at radius 3 is 2.71 bits per heavy atom. The van der Waals surface area contributed by atoms with E-state index in [0.29, 0.717) is 6.54 Å². The number of aromatic nitrogens is 2. The summed E-state index contributed by atoms with van der Waals surface area (Å²) in [6.07, 6.45) is 10.7. The number of carbonyl (C=O) groups excluding carboxylic acids is 2. The first kappa shape index (κ1) is 13.9. The molecular weight excluding hydrogens is 270 g/mol. The number of hydrogen-bond acceptors (Lipinski definition) is 4. The molecule has 0 aliphatic heterocycles. The summed E-state index contributed by atoms with van der Waals surface area (Å²) < 4.78 is 1.94. The standard InChI is InChI=1S/C15H19N3O3/c19-14(17-4-1-6-18-7-5-16-9-18)12-10-2-3-11(8-10)13(12)15(20)21/h2-3,5,7,9-13H,1,4,6,8H2,(H,17,19)(H,20,21)/p-1/t10-,11-,12+,13-/m0/s1. The minimum Gasteiger partial charge on any atom is -0.550 e. The molecule has 1 aromatic heterocycles. The zero-order valence-electron chi connectivity index (χ0n) is 11.6. The Morgan fingerprint density at radius 2 is 2.05 bits per heavy atom. The van der Waals surface area contributed by atoms with Crippen molar-refractivity contribution < 1.29 is 14.7 Å². The predicted molar refractivity (Wildman–Crippen MR) is 72.6 cm³/mol. The summed E-state index contributed by atoms with van der Waals surface area (Å²) in [6, 6.07) is 0. The van der Waals surface area contributed by atoms with Gasteiger partial charge in [-0.3, -0.25) is 4.79 Å². The maximum absolute atomic E-state index is 12.3. The summed E-state index contributed by atoms with van der Waals surface area (Å²) in [5.74, 6) is -2.41. The molecule has 3 rings (SSSR count). The minimum atomic E-state index is -1.11. The van der Waals surface area contributed by atoms with Crippen LogP contribution in [0.15, 0.2) is 30.9 Å². The molecule has 2 aliphatic carbocycles. The van der Waals surface area contributed by atoms with E-state index in [4.69, 9.17) is 0 Å². The van der Waals surface area contributed by atoms with Crippen LogP contribution in [0.5, 0.6) is 0 Å². The zero-order valence-corrected chi connectivity index (χ0v) is 11.6. The lowest BCUT2D eigenvalue weighted by atomic mass is 9.82. The second-order valence-electron chi connectivity index (χ2n) is 5.76. The van der Waals surface area contributed by atoms with Crippen LogP contribution in [0.1, 0.15) is 12.8 Å². The molecule has 1 aromatic rings. The van der Waals surface area contributed by atoms with Crippen LogP contribution in [0.25, 0.3) is 0 Å². The maximum atomic E-state index is 12.3. The number of amides is 1. The van der Waals surface area contributed by atoms with Gasteiger partial charge in [0.2, 0.25) is 5.91 Å². The van der Waals surface area contributed by atoms with Crippen molar-refractivity contribution in [1.82, 2.24) is 14.9 Å². The maximum Gasteiger partial charge on any atom is 0.224 e. The normalized spacial score (nSPS) is 29.7. The van der Waals surface area contributed by atoms with Gasteiger partial charge < -0.3 is 19.8 Å². The number of rotatable bonds is 6. The van der Waals surface area contributed by atoms with Gasteiger partial charge in [-0.15, -0.1) is 0 Å². The molecule has 21 heavy (non-hydrogen) atoms. The van der Waals surface area contributed by atoms with Crippen LogP contribution in [0.3, 0.4) is 0 Å². The van der Waals surface area contributed by atoms with Crippen molar-refractivity contribution in [2.24, 2.45) is 23.7 Å². The van der Waals surface area contributed by atoms with Gasteiger partial charge in [-0.05, 0) is 24.7 Å². The van der Waals surface area contributed by atoms with Crippen molar-refractivity contribution in [3.8, 4) is 0 Å². The number of aliphatic carboxylic acids is 1. The van der Waals surface area contributed by atoms with Crippen LogP contribution in [0, 0.1) is 23.7 Å². The van der Waals surface area contributed by atoms with Crippen molar-refractivity contribution >= 4 is 11.9 Å². The third-order valence-electron chi connectivity index (χ3n) is 4.49. The summed E-state index contributed by atoms with van der Waals surface area (Å²) in [5, 5.41) is 14.1. The van der Waals surface area contributed by atoms with Gasteiger partial charge in [0.15, 0.2) is 0 Å². The van der Waals surface area contributed by atoms with Crippen molar-refractivity contribution in [2.45, 2.75) is 19.4 Å². The van der Waals surface area contributed by atoms with Crippen LogP contribution < -0.4 is 10.4 Å². The third-order valence-corrected chi connectivity index (χ3v) is 4.49. The second-order valence-corrected chi connectivity index (χ2v) is 5.76. The highest BCUT2D eigenvalue weighted by molar-refractivity contribution is 5.86. The van der Waals surface area contributed by atoms with Gasteiger partial charge in [0.25, 0.3) is 0 Å². The van der Waals surface area contributed by atoms with Gasteiger partial charge in [-0.1, -0.05) is 12.2 Å². The van der Waals surface area contributed by atoms with Crippen LogP contribution >= 0.6 is 0 Å². The molecule has 0 aromatic carbocycles. The van der Waals surface area contributed by atoms with E-state index in [1.54, 1.807) is 12.5 Å². The Kier molecular flexibility index (Phi) is 3.77. The highest BCUT2D eigenvalue weighted by Gasteiger charge is 2.48. The Labute approximate surface area is 122 Å². The minimum absolute atomic E-state index is 0.0401. The number of aryl methyl sites for hydroxylation is 1. The molecule has 1 amide bonds. The Bertz CT molecular complexity index is 553. The molecule has 0 spiro atoms. The number of allylic oxidation sites excluding steroid dienone is 2. The van der Waals surface area contributed by atoms with E-state index >= 15 is 0 Å². The first-order valence-corrected chi connectivity index (χ1v) is 7.29. The molecule has 6 heteroatoms. The van der Waals surface area contributed by atoms with Crippen molar-refractivity contribution in [3.63, 3.8) is 0 Å². The number of imidazole rings is 1. The van der Waals surface area contributed by atoms with Crippen molar-refractivity contribution in [1.29, 1.82) is 0 Å². The zero-order chi connectivity index (χ0) is 14.8. The molecule has 6 nitrogen and oxygen atoms in total. The van der Waals surface area contributed by atoms with Crippen molar-refractivity contribution in [2.75, 3.05) is 6.54 Å². The first-order chi connectivity index (χ1) is 10.2. The molecule has 112 valence electrons. The van der Waals surface area contributed by atoms with E-state index in [1.807, 2.05) is 22.9 Å². The molecule has 2 aliphatic rings. The fraction of sp³-hybridized carbons (Fsp3) is 0.533. The topological polar surface area (TPSA) is 87.0 Å². The summed E-state index contributed by atoms with van der Waals surface area (Å²) >= 11 is 0. The van der Waals surface area contributed by atoms with E-state index in [2.05, 4.69) is 10.3 Å². The average molecular weight is 288 g/mol. The van der Waals surface area contributed by atoms with Crippen LogP contribution in [0.4, 0.5) is 0 Å². The molecule has 1 saturated carbocycles. The number of fused-ring (bicyclic) bond motifs is 2. The lowest BCUT2D eigenvalue weighted by Gasteiger charge is -2.27. The van der Waals surface area contributed by atoms with E-state index in [9.17, 15) is 14.7 Å². The van der Waals surface area contributed by atoms with Crippen LogP contribution in [-0.2, 0) is 16.1 Å². The third kappa shape index (κ3) is 2.70. The number of carboxylic acids is 1. The fourth-order valence-electron chi connectivity index (χ4n) is 3.51. The molecule has 0 saturated heterocycles. The van der Waals surface area contributed by atoms with Gasteiger partial charge in [0, 0.05) is 37.4 Å². The molecule has 2 bridgehead atoms. The quantitative estimate of drug-likeness (QED) is 0.569. The summed E-state index contributed by atoms with van der Waals surface area (Å²) in [5.41, 5.74) is 0. The molecule has 1 fully saturated rings. The molecule has 4 atom stereocenters. The van der Waals surface area contributed by atoms with E-state index in [0.717, 1.165) is 19.4 Å².